The van der Waals surface area contributed by atoms with Crippen LogP contribution in [0.1, 0.15) is 123 Å². The average Bonchev–Trinajstić information content (AvgIpc) is 3.70. The molecule has 3 fully saturated rings. The van der Waals surface area contributed by atoms with E-state index < -0.39 is 59.0 Å². The molecule has 276 valence electrons. The highest BCUT2D eigenvalue weighted by molar-refractivity contribution is 6.38. The molecule has 1 saturated heterocycles. The molecule has 1 aromatic heterocycles. The lowest BCUT2D eigenvalue weighted by molar-refractivity contribution is -0.146. The van der Waals surface area contributed by atoms with E-state index in [1.165, 1.54) is 18.6 Å². The Hall–Kier alpha value is -3.90. The molecule has 3 aliphatic rings. The summed E-state index contributed by atoms with van der Waals surface area (Å²) in [7, 11) is 0. The number of aromatic nitrogens is 2. The Balaban J connectivity index is 1.57. The summed E-state index contributed by atoms with van der Waals surface area (Å²) in [6, 6.07) is -3.93. The first-order valence-electron chi connectivity index (χ1n) is 18.6. The first kappa shape index (κ1) is 38.9. The molecule has 4 rings (SSSR count). The van der Waals surface area contributed by atoms with Crippen LogP contribution in [0.3, 0.4) is 0 Å². The molecule has 4 N–H and O–H groups in total. The second-order valence-electron chi connectivity index (χ2n) is 15.5. The van der Waals surface area contributed by atoms with Gasteiger partial charge >= 0.3 is 0 Å². The Labute approximate surface area is 296 Å². The lowest BCUT2D eigenvalue weighted by Gasteiger charge is -2.38. The topological polar surface area (TPSA) is 180 Å². The number of carbonyl (C=O) groups is 6. The van der Waals surface area contributed by atoms with Crippen LogP contribution in [0, 0.1) is 23.2 Å². The average molecular weight is 696 g/mol. The Morgan fingerprint density at radius 2 is 1.62 bits per heavy atom. The molecule has 50 heavy (non-hydrogen) atoms. The van der Waals surface area contributed by atoms with Gasteiger partial charge in [-0.25, -0.2) is 4.98 Å². The van der Waals surface area contributed by atoms with Gasteiger partial charge in [-0.1, -0.05) is 66.7 Å². The van der Waals surface area contributed by atoms with Gasteiger partial charge in [-0.05, 0) is 68.6 Å². The van der Waals surface area contributed by atoms with E-state index in [1.807, 2.05) is 41.5 Å². The first-order chi connectivity index (χ1) is 23.8. The predicted octanol–water partition coefficient (Wildman–Crippen LogP) is 3.08. The van der Waals surface area contributed by atoms with Gasteiger partial charge in [0.15, 0.2) is 0 Å². The minimum absolute atomic E-state index is 0.0946. The number of likely N-dealkylation sites (tertiary alicyclic amines) is 1. The Kier molecular flexibility index (Phi) is 13.5. The number of carbonyl (C=O) groups excluding carboxylic acids is 6. The number of rotatable bonds is 14. The maximum Gasteiger partial charge on any atom is 0.289 e. The largest absolute Gasteiger partial charge is 0.347 e. The molecule has 0 radical (unpaired) electrons. The van der Waals surface area contributed by atoms with E-state index in [2.05, 4.69) is 31.2 Å². The van der Waals surface area contributed by atoms with E-state index in [0.29, 0.717) is 19.4 Å². The van der Waals surface area contributed by atoms with Crippen molar-refractivity contribution < 1.29 is 28.8 Å². The van der Waals surface area contributed by atoms with Crippen molar-refractivity contribution in [2.24, 2.45) is 23.2 Å². The first-order valence-corrected chi connectivity index (χ1v) is 18.6. The normalized spacial score (nSPS) is 23.2. The molecule has 13 heteroatoms. The zero-order valence-corrected chi connectivity index (χ0v) is 30.6. The quantitative estimate of drug-likeness (QED) is 0.215. The van der Waals surface area contributed by atoms with Crippen molar-refractivity contribution in [1.82, 2.24) is 36.1 Å². The SMILES string of the molecule is CCC[C@H](NC(=O)[C@@H]1[C@H]2CCC[C@H]2CN1C(=O)[C@@H](NC(=O)[C@@H](NC(=O)c1cnccn1)C1CCCCC1)C(C)(C)C)C(=O)C(=O)N[C@@H](C)CC. The Morgan fingerprint density at radius 3 is 2.24 bits per heavy atom. The van der Waals surface area contributed by atoms with Crippen LogP contribution in [0.15, 0.2) is 18.6 Å². The summed E-state index contributed by atoms with van der Waals surface area (Å²) >= 11 is 0. The molecule has 0 aromatic carbocycles. The lowest BCUT2D eigenvalue weighted by Crippen LogP contribution is -2.62. The maximum atomic E-state index is 14.6. The summed E-state index contributed by atoms with van der Waals surface area (Å²) in [4.78, 5) is 91.7. The summed E-state index contributed by atoms with van der Waals surface area (Å²) in [6.45, 7) is 11.5. The molecule has 1 aromatic rings. The Bertz CT molecular complexity index is 1380. The van der Waals surface area contributed by atoms with Crippen LogP contribution in [0.25, 0.3) is 0 Å². The van der Waals surface area contributed by atoms with Crippen LogP contribution < -0.4 is 21.3 Å². The van der Waals surface area contributed by atoms with Crippen molar-refractivity contribution in [2.45, 2.75) is 142 Å². The van der Waals surface area contributed by atoms with Gasteiger partial charge in [0.25, 0.3) is 11.8 Å². The third-order valence-electron chi connectivity index (χ3n) is 10.8. The van der Waals surface area contributed by atoms with Gasteiger partial charge in [-0.3, -0.25) is 33.8 Å². The fraction of sp³-hybridized carbons (Fsp3) is 0.730. The monoisotopic (exact) mass is 695 g/mol. The summed E-state index contributed by atoms with van der Waals surface area (Å²) < 4.78 is 0. The molecule has 7 atom stereocenters. The van der Waals surface area contributed by atoms with Crippen molar-refractivity contribution >= 4 is 35.3 Å². The molecule has 5 amide bonds. The summed E-state index contributed by atoms with van der Waals surface area (Å²) in [5.74, 6) is -3.33. The highest BCUT2D eigenvalue weighted by Gasteiger charge is 2.52. The number of nitrogens with zero attached hydrogens (tertiary/aromatic N) is 3. The highest BCUT2D eigenvalue weighted by Crippen LogP contribution is 2.43. The van der Waals surface area contributed by atoms with Crippen LogP contribution in [-0.2, 0) is 24.0 Å². The van der Waals surface area contributed by atoms with Crippen LogP contribution in [0.5, 0.6) is 0 Å². The van der Waals surface area contributed by atoms with Gasteiger partial charge in [0.2, 0.25) is 23.5 Å². The summed E-state index contributed by atoms with van der Waals surface area (Å²) in [5, 5.41) is 11.5. The number of nitrogens with one attached hydrogen (secondary N) is 4. The molecule has 0 unspecified atom stereocenters. The van der Waals surface area contributed by atoms with Crippen LogP contribution in [0.2, 0.25) is 0 Å². The highest BCUT2D eigenvalue weighted by atomic mass is 16.2. The number of ketones is 1. The van der Waals surface area contributed by atoms with Crippen molar-refractivity contribution in [3.05, 3.63) is 24.3 Å². The minimum atomic E-state index is -1.01. The molecule has 2 aliphatic carbocycles. The van der Waals surface area contributed by atoms with Gasteiger partial charge in [0, 0.05) is 25.0 Å². The van der Waals surface area contributed by atoms with Gasteiger partial charge in [0.05, 0.1) is 12.2 Å². The number of Topliss-reactive ketones (excluding diaryl/α,β-unsaturated/α-hetero) is 1. The van der Waals surface area contributed by atoms with Crippen molar-refractivity contribution in [2.75, 3.05) is 6.54 Å². The fourth-order valence-electron chi connectivity index (χ4n) is 7.78. The lowest BCUT2D eigenvalue weighted by atomic mass is 9.82. The molecule has 0 spiro atoms. The number of fused-ring (bicyclic) bond motifs is 1. The van der Waals surface area contributed by atoms with E-state index in [-0.39, 0.29) is 41.8 Å². The second kappa shape index (κ2) is 17.4. The van der Waals surface area contributed by atoms with E-state index in [4.69, 9.17) is 0 Å². The van der Waals surface area contributed by atoms with Crippen LogP contribution in [0.4, 0.5) is 0 Å². The van der Waals surface area contributed by atoms with E-state index in [1.54, 1.807) is 4.90 Å². The van der Waals surface area contributed by atoms with Crippen molar-refractivity contribution in [1.29, 1.82) is 0 Å². The zero-order valence-electron chi connectivity index (χ0n) is 30.6. The van der Waals surface area contributed by atoms with Crippen molar-refractivity contribution in [3.63, 3.8) is 0 Å². The van der Waals surface area contributed by atoms with E-state index >= 15 is 0 Å². The van der Waals surface area contributed by atoms with E-state index in [9.17, 15) is 28.8 Å². The molecular weight excluding hydrogens is 638 g/mol. The third-order valence-corrected chi connectivity index (χ3v) is 10.8. The standard InChI is InChI=1S/C37H57N7O6/c1-7-13-26(30(45)35(49)40-22(3)8-2)41-34(48)29-25-17-12-16-24(25)21-44(29)36(50)31(37(4,5)6)43-33(47)28(23-14-10-9-11-15-23)42-32(46)27-20-38-18-19-39-27/h18-20,22-26,28-29,31H,7-17,21H2,1-6H3,(H,40,49)(H,41,48)(H,42,46)(H,43,47)/t22-,24-,25-,26-,28-,29-,31+/m0/s1. The van der Waals surface area contributed by atoms with Crippen LogP contribution >= 0.6 is 0 Å². The van der Waals surface area contributed by atoms with Gasteiger partial charge < -0.3 is 26.2 Å². The molecular formula is C37H57N7O6. The minimum Gasteiger partial charge on any atom is -0.347 e. The Morgan fingerprint density at radius 1 is 0.900 bits per heavy atom. The number of hydrogen-bond acceptors (Lipinski definition) is 8. The number of hydrogen-bond donors (Lipinski definition) is 4. The maximum absolute atomic E-state index is 14.6. The predicted molar refractivity (Wildman–Crippen MR) is 187 cm³/mol. The third kappa shape index (κ3) is 9.45. The smallest absolute Gasteiger partial charge is 0.289 e. The second-order valence-corrected chi connectivity index (χ2v) is 15.5. The molecule has 0 bridgehead atoms. The summed E-state index contributed by atoms with van der Waals surface area (Å²) in [6.07, 6.45) is 12.8. The molecule has 1 aliphatic heterocycles. The van der Waals surface area contributed by atoms with Crippen LogP contribution in [-0.4, -0.2) is 86.9 Å². The zero-order chi connectivity index (χ0) is 36.6. The molecule has 13 nitrogen and oxygen atoms in total. The van der Waals surface area contributed by atoms with Gasteiger partial charge in [-0.2, -0.15) is 0 Å². The molecule has 2 saturated carbocycles. The van der Waals surface area contributed by atoms with Gasteiger partial charge in [0.1, 0.15) is 23.8 Å². The van der Waals surface area contributed by atoms with Crippen molar-refractivity contribution in [3.8, 4) is 0 Å². The summed E-state index contributed by atoms with van der Waals surface area (Å²) in [5.41, 5.74) is -0.647. The van der Waals surface area contributed by atoms with E-state index in [0.717, 1.165) is 51.4 Å². The van der Waals surface area contributed by atoms with Gasteiger partial charge in [-0.15, -0.1) is 0 Å². The molecule has 2 heterocycles. The number of amides is 5. The fourth-order valence-corrected chi connectivity index (χ4v) is 7.78.